The van der Waals surface area contributed by atoms with E-state index >= 15 is 0 Å². The molecule has 2 heterocycles. The number of carboxylic acid groups (broad SMARTS) is 1. The largest absolute Gasteiger partial charge is 0.479 e. The van der Waals surface area contributed by atoms with E-state index in [1.54, 1.807) is 27.8 Å². The molecule has 9 heteroatoms. The zero-order chi connectivity index (χ0) is 22.1. The molecule has 1 atom stereocenters. The van der Waals surface area contributed by atoms with Gasteiger partial charge in [-0.3, -0.25) is 14.4 Å². The molecule has 2 aromatic rings. The number of hydrogen-bond donors (Lipinski definition) is 1. The highest BCUT2D eigenvalue weighted by atomic mass is 16.6. The summed E-state index contributed by atoms with van der Waals surface area (Å²) in [5.41, 5.74) is 0.823. The number of hydrogen-bond acceptors (Lipinski definition) is 6. The summed E-state index contributed by atoms with van der Waals surface area (Å²) >= 11 is 0. The number of fused-ring (bicyclic) bond motifs is 1. The third kappa shape index (κ3) is 4.51. The quantitative estimate of drug-likeness (QED) is 0.799. The third-order valence-corrected chi connectivity index (χ3v) is 4.54. The van der Waals surface area contributed by atoms with Crippen molar-refractivity contribution in [3.05, 3.63) is 52.8 Å². The Balaban J connectivity index is 1.87. The van der Waals surface area contributed by atoms with Gasteiger partial charge in [-0.15, -0.1) is 0 Å². The SMILES string of the molecule is Cn1nc(COCc2ccccc2)c2c1C(C(=O)O)N(C(=O)OC(C)(C)C)CC2=O. The normalized spacial score (nSPS) is 16.3. The molecule has 0 saturated heterocycles. The number of carbonyl (C=O) groups excluding carboxylic acids is 2. The lowest BCUT2D eigenvalue weighted by atomic mass is 9.96. The van der Waals surface area contributed by atoms with Crippen molar-refractivity contribution in [2.75, 3.05) is 6.54 Å². The van der Waals surface area contributed by atoms with Crippen molar-refractivity contribution in [2.45, 2.75) is 45.6 Å². The van der Waals surface area contributed by atoms with Crippen LogP contribution in [0.2, 0.25) is 0 Å². The maximum atomic E-state index is 12.9. The first-order valence-corrected chi connectivity index (χ1v) is 9.51. The number of aromatic nitrogens is 2. The van der Waals surface area contributed by atoms with E-state index in [4.69, 9.17) is 9.47 Å². The minimum Gasteiger partial charge on any atom is -0.479 e. The molecule has 0 aliphatic carbocycles. The number of aryl methyl sites for hydroxylation is 1. The van der Waals surface area contributed by atoms with E-state index in [-0.39, 0.29) is 17.9 Å². The highest BCUT2D eigenvalue weighted by Crippen LogP contribution is 2.33. The van der Waals surface area contributed by atoms with E-state index in [1.807, 2.05) is 30.3 Å². The molecular formula is C21H25N3O6. The molecule has 1 unspecified atom stereocenters. The van der Waals surface area contributed by atoms with E-state index in [0.29, 0.717) is 12.3 Å². The van der Waals surface area contributed by atoms with Crippen LogP contribution in [0.1, 0.15) is 54.1 Å². The second kappa shape index (κ2) is 8.27. The number of nitrogens with zero attached hydrogens (tertiary/aromatic N) is 3. The Kier molecular flexibility index (Phi) is 5.93. The van der Waals surface area contributed by atoms with Gasteiger partial charge in [-0.1, -0.05) is 30.3 Å². The smallest absolute Gasteiger partial charge is 0.411 e. The van der Waals surface area contributed by atoms with Gasteiger partial charge in [-0.25, -0.2) is 9.59 Å². The Morgan fingerprint density at radius 2 is 1.87 bits per heavy atom. The van der Waals surface area contributed by atoms with Crippen molar-refractivity contribution in [1.82, 2.24) is 14.7 Å². The zero-order valence-electron chi connectivity index (χ0n) is 17.4. The topological polar surface area (TPSA) is 111 Å². The van der Waals surface area contributed by atoms with E-state index in [2.05, 4.69) is 5.10 Å². The maximum Gasteiger partial charge on any atom is 0.411 e. The molecule has 1 N–H and O–H groups in total. The molecule has 160 valence electrons. The Morgan fingerprint density at radius 3 is 2.47 bits per heavy atom. The molecule has 3 rings (SSSR count). The first kappa shape index (κ1) is 21.5. The van der Waals surface area contributed by atoms with Crippen LogP contribution in [-0.2, 0) is 34.5 Å². The number of benzene rings is 1. The van der Waals surface area contributed by atoms with Gasteiger partial charge in [0, 0.05) is 7.05 Å². The van der Waals surface area contributed by atoms with Crippen molar-refractivity contribution < 1.29 is 29.0 Å². The van der Waals surface area contributed by atoms with Crippen LogP contribution in [0.4, 0.5) is 4.79 Å². The summed E-state index contributed by atoms with van der Waals surface area (Å²) in [4.78, 5) is 38.4. The van der Waals surface area contributed by atoms with Gasteiger partial charge < -0.3 is 14.6 Å². The van der Waals surface area contributed by atoms with Gasteiger partial charge >= 0.3 is 12.1 Å². The van der Waals surface area contributed by atoms with E-state index < -0.39 is 36.0 Å². The lowest BCUT2D eigenvalue weighted by molar-refractivity contribution is -0.143. The molecule has 9 nitrogen and oxygen atoms in total. The second-order valence-corrected chi connectivity index (χ2v) is 8.08. The monoisotopic (exact) mass is 415 g/mol. The molecule has 30 heavy (non-hydrogen) atoms. The molecule has 0 fully saturated rings. The van der Waals surface area contributed by atoms with Gasteiger partial charge in [0.1, 0.15) is 5.60 Å². The molecule has 1 aliphatic rings. The predicted molar refractivity (Wildman–Crippen MR) is 106 cm³/mol. The van der Waals surface area contributed by atoms with Crippen LogP contribution < -0.4 is 0 Å². The lowest BCUT2D eigenvalue weighted by Gasteiger charge is -2.34. The molecule has 1 aliphatic heterocycles. The molecular weight excluding hydrogens is 390 g/mol. The Morgan fingerprint density at radius 1 is 1.20 bits per heavy atom. The zero-order valence-corrected chi connectivity index (χ0v) is 17.4. The summed E-state index contributed by atoms with van der Waals surface area (Å²) in [5.74, 6) is -1.67. The van der Waals surface area contributed by atoms with Crippen LogP contribution in [-0.4, -0.2) is 49.8 Å². The van der Waals surface area contributed by atoms with Gasteiger partial charge in [0.2, 0.25) is 0 Å². The molecule has 1 aromatic heterocycles. The Hall–Kier alpha value is -3.20. The summed E-state index contributed by atoms with van der Waals surface area (Å²) < 4.78 is 12.3. The van der Waals surface area contributed by atoms with E-state index in [1.165, 1.54) is 4.68 Å². The number of Topliss-reactive ketones (excluding diaryl/α,β-unsaturated/α-hetero) is 1. The molecule has 1 amide bonds. The minimum absolute atomic E-state index is 0.0442. The highest BCUT2D eigenvalue weighted by Gasteiger charge is 2.45. The average Bonchev–Trinajstić information content (AvgIpc) is 2.98. The fourth-order valence-corrected chi connectivity index (χ4v) is 3.37. The number of aliphatic carboxylic acids is 1. The van der Waals surface area contributed by atoms with Crippen molar-refractivity contribution in [3.8, 4) is 0 Å². The molecule has 0 spiro atoms. The number of rotatable bonds is 5. The average molecular weight is 415 g/mol. The van der Waals surface area contributed by atoms with Crippen molar-refractivity contribution in [3.63, 3.8) is 0 Å². The predicted octanol–water partition coefficient (Wildman–Crippen LogP) is 2.70. The Labute approximate surface area is 174 Å². The molecule has 0 bridgehead atoms. The van der Waals surface area contributed by atoms with Crippen molar-refractivity contribution >= 4 is 17.8 Å². The van der Waals surface area contributed by atoms with Crippen LogP contribution in [0, 0.1) is 0 Å². The van der Waals surface area contributed by atoms with Gasteiger partial charge in [0.05, 0.1) is 36.7 Å². The standard InChI is InChI=1S/C21H25N3O6/c1-21(2,3)30-20(28)24-10-15(25)16-14(12-29-11-13-8-6-5-7-9-13)22-23(4)17(16)18(24)19(26)27/h5-9,18H,10-12H2,1-4H3,(H,26,27). The first-order valence-electron chi connectivity index (χ1n) is 9.51. The highest BCUT2D eigenvalue weighted by molar-refractivity contribution is 6.04. The number of ketones is 1. The maximum absolute atomic E-state index is 12.9. The summed E-state index contributed by atoms with van der Waals surface area (Å²) in [5, 5.41) is 14.1. The summed E-state index contributed by atoms with van der Waals surface area (Å²) in [6.07, 6.45) is -0.864. The summed E-state index contributed by atoms with van der Waals surface area (Å²) in [7, 11) is 1.54. The van der Waals surface area contributed by atoms with E-state index in [9.17, 15) is 19.5 Å². The Bertz CT molecular complexity index is 961. The number of carbonyl (C=O) groups is 3. The third-order valence-electron chi connectivity index (χ3n) is 4.54. The minimum atomic E-state index is -1.38. The first-order chi connectivity index (χ1) is 14.1. The number of amides is 1. The van der Waals surface area contributed by atoms with Crippen LogP contribution in [0.25, 0.3) is 0 Å². The fraction of sp³-hybridized carbons (Fsp3) is 0.429. The molecule has 1 aromatic carbocycles. The summed E-state index contributed by atoms with van der Waals surface area (Å²) in [6.45, 7) is 4.98. The van der Waals surface area contributed by atoms with Gasteiger partial charge in [0.15, 0.2) is 11.8 Å². The van der Waals surface area contributed by atoms with Gasteiger partial charge in [0.25, 0.3) is 0 Å². The van der Waals surface area contributed by atoms with Crippen molar-refractivity contribution in [2.24, 2.45) is 7.05 Å². The number of ether oxygens (including phenoxy) is 2. The van der Waals surface area contributed by atoms with Crippen LogP contribution in [0.3, 0.4) is 0 Å². The fourth-order valence-electron chi connectivity index (χ4n) is 3.37. The summed E-state index contributed by atoms with van der Waals surface area (Å²) in [6, 6.07) is 8.14. The second-order valence-electron chi connectivity index (χ2n) is 8.08. The molecule has 0 radical (unpaired) electrons. The number of carboxylic acids is 1. The van der Waals surface area contributed by atoms with Gasteiger partial charge in [-0.05, 0) is 26.3 Å². The van der Waals surface area contributed by atoms with E-state index in [0.717, 1.165) is 10.5 Å². The molecule has 0 saturated carbocycles. The van der Waals surface area contributed by atoms with Gasteiger partial charge in [-0.2, -0.15) is 5.10 Å². The van der Waals surface area contributed by atoms with Crippen molar-refractivity contribution in [1.29, 1.82) is 0 Å². The lowest BCUT2D eigenvalue weighted by Crippen LogP contribution is -2.48. The van der Waals surface area contributed by atoms with Crippen LogP contribution in [0.5, 0.6) is 0 Å². The van der Waals surface area contributed by atoms with Crippen LogP contribution >= 0.6 is 0 Å². The van der Waals surface area contributed by atoms with Crippen LogP contribution in [0.15, 0.2) is 30.3 Å².